The molecular weight excluding hydrogens is 344 g/mol. The first kappa shape index (κ1) is 16.3. The van der Waals surface area contributed by atoms with Crippen LogP contribution in [0.1, 0.15) is 15.9 Å². The number of hydrogen-bond acceptors (Lipinski definition) is 3. The molecule has 0 fully saturated rings. The highest BCUT2D eigenvalue weighted by Gasteiger charge is 2.07. The molecule has 0 aliphatic rings. The predicted molar refractivity (Wildman–Crippen MR) is 92.1 cm³/mol. The Morgan fingerprint density at radius 1 is 0.909 bits per heavy atom. The van der Waals surface area contributed by atoms with Crippen LogP contribution < -0.4 is 9.47 Å². The van der Waals surface area contributed by atoms with Gasteiger partial charge in [0.2, 0.25) is 0 Å². The highest BCUT2D eigenvalue weighted by atomic mass is 79.9. The minimum atomic E-state index is -0.0343. The second kappa shape index (κ2) is 7.80. The third kappa shape index (κ3) is 3.98. The van der Waals surface area contributed by atoms with Gasteiger partial charge in [0.25, 0.3) is 0 Å². The van der Waals surface area contributed by atoms with E-state index in [2.05, 4.69) is 15.9 Å². The van der Waals surface area contributed by atoms with Crippen molar-refractivity contribution >= 4 is 27.3 Å². The highest BCUT2D eigenvalue weighted by molar-refractivity contribution is 9.09. The van der Waals surface area contributed by atoms with Gasteiger partial charge in [-0.1, -0.05) is 28.1 Å². The molecule has 0 atom stereocenters. The molecule has 2 aromatic rings. The van der Waals surface area contributed by atoms with Crippen molar-refractivity contribution in [3.63, 3.8) is 0 Å². The summed E-state index contributed by atoms with van der Waals surface area (Å²) < 4.78 is 10.2. The monoisotopic (exact) mass is 360 g/mol. The fourth-order valence-electron chi connectivity index (χ4n) is 2.00. The summed E-state index contributed by atoms with van der Waals surface area (Å²) in [6.07, 6.45) is 1.65. The molecule has 0 aromatic heterocycles. The molecule has 0 unspecified atom stereocenters. The Hall–Kier alpha value is -2.07. The van der Waals surface area contributed by atoms with Crippen molar-refractivity contribution in [2.24, 2.45) is 0 Å². The van der Waals surface area contributed by atoms with E-state index in [0.717, 1.165) is 22.6 Å². The first-order chi connectivity index (χ1) is 10.7. The van der Waals surface area contributed by atoms with Crippen molar-refractivity contribution in [3.05, 3.63) is 65.7 Å². The van der Waals surface area contributed by atoms with Crippen LogP contribution in [0.4, 0.5) is 0 Å². The first-order valence-electron chi connectivity index (χ1n) is 6.77. The van der Waals surface area contributed by atoms with Crippen LogP contribution in [0.25, 0.3) is 5.57 Å². The molecule has 2 rings (SSSR count). The molecule has 0 heterocycles. The number of carbonyl (C=O) groups excluding carboxylic acids is 1. The number of benzene rings is 2. The molecule has 3 nitrogen and oxygen atoms in total. The van der Waals surface area contributed by atoms with Gasteiger partial charge in [-0.05, 0) is 53.6 Å². The Kier molecular flexibility index (Phi) is 5.78. The third-order valence-corrected chi connectivity index (χ3v) is 3.89. The van der Waals surface area contributed by atoms with E-state index in [-0.39, 0.29) is 5.78 Å². The average Bonchev–Trinajstić information content (AvgIpc) is 2.59. The SMILES string of the molecule is COc1ccc(C(=O)/C=C(\CBr)c2ccc(OC)cc2)cc1. The molecule has 4 heteroatoms. The molecule has 0 N–H and O–H groups in total. The predicted octanol–water partition coefficient (Wildman–Crippen LogP) is 4.37. The van der Waals surface area contributed by atoms with E-state index < -0.39 is 0 Å². The van der Waals surface area contributed by atoms with Gasteiger partial charge in [0.05, 0.1) is 14.2 Å². The van der Waals surface area contributed by atoms with Crippen molar-refractivity contribution < 1.29 is 14.3 Å². The maximum atomic E-state index is 12.3. The van der Waals surface area contributed by atoms with Crippen molar-refractivity contribution in [1.82, 2.24) is 0 Å². The molecule has 0 amide bonds. The number of ketones is 1. The number of halogens is 1. The summed E-state index contributed by atoms with van der Waals surface area (Å²) in [5.41, 5.74) is 2.54. The Balaban J connectivity index is 2.24. The van der Waals surface area contributed by atoms with Crippen LogP contribution >= 0.6 is 15.9 Å². The van der Waals surface area contributed by atoms with Gasteiger partial charge in [0, 0.05) is 10.9 Å². The summed E-state index contributed by atoms with van der Waals surface area (Å²) in [6.45, 7) is 0. The van der Waals surface area contributed by atoms with E-state index in [4.69, 9.17) is 9.47 Å². The normalized spacial score (nSPS) is 11.1. The minimum Gasteiger partial charge on any atom is -0.497 e. The van der Waals surface area contributed by atoms with Gasteiger partial charge >= 0.3 is 0 Å². The Bertz CT molecular complexity index is 658. The second-order valence-corrected chi connectivity index (χ2v) is 5.19. The maximum Gasteiger partial charge on any atom is 0.186 e. The van der Waals surface area contributed by atoms with E-state index in [9.17, 15) is 4.79 Å². The molecule has 0 radical (unpaired) electrons. The number of hydrogen-bond donors (Lipinski definition) is 0. The smallest absolute Gasteiger partial charge is 0.186 e. The van der Waals surface area contributed by atoms with Crippen molar-refractivity contribution in [2.45, 2.75) is 0 Å². The zero-order valence-corrected chi connectivity index (χ0v) is 14.1. The van der Waals surface area contributed by atoms with Crippen LogP contribution in [-0.2, 0) is 0 Å². The molecule has 0 aliphatic carbocycles. The molecule has 0 spiro atoms. The summed E-state index contributed by atoms with van der Waals surface area (Å²) in [6, 6.07) is 14.7. The molecule has 0 bridgehead atoms. The lowest BCUT2D eigenvalue weighted by Gasteiger charge is -2.06. The zero-order chi connectivity index (χ0) is 15.9. The van der Waals surface area contributed by atoms with Crippen LogP contribution in [0.3, 0.4) is 0 Å². The highest BCUT2D eigenvalue weighted by Crippen LogP contribution is 2.21. The van der Waals surface area contributed by atoms with Crippen LogP contribution in [0.2, 0.25) is 0 Å². The number of methoxy groups -OCH3 is 2. The number of carbonyl (C=O) groups is 1. The van der Waals surface area contributed by atoms with Gasteiger partial charge in [0.1, 0.15) is 11.5 Å². The maximum absolute atomic E-state index is 12.3. The Morgan fingerprint density at radius 2 is 1.36 bits per heavy atom. The summed E-state index contributed by atoms with van der Waals surface area (Å²) in [5.74, 6) is 1.49. The van der Waals surface area contributed by atoms with Gasteiger partial charge in [-0.25, -0.2) is 0 Å². The summed E-state index contributed by atoms with van der Waals surface area (Å²) >= 11 is 3.44. The Labute approximate surface area is 138 Å². The largest absolute Gasteiger partial charge is 0.497 e. The molecule has 0 aliphatic heterocycles. The zero-order valence-electron chi connectivity index (χ0n) is 12.5. The lowest BCUT2D eigenvalue weighted by Crippen LogP contribution is -1.98. The quantitative estimate of drug-likeness (QED) is 0.436. The van der Waals surface area contributed by atoms with Gasteiger partial charge in [-0.3, -0.25) is 4.79 Å². The first-order valence-corrected chi connectivity index (χ1v) is 7.89. The van der Waals surface area contributed by atoms with E-state index in [0.29, 0.717) is 10.9 Å². The van der Waals surface area contributed by atoms with E-state index >= 15 is 0 Å². The molecular formula is C18H17BrO3. The second-order valence-electron chi connectivity index (χ2n) is 4.62. The molecule has 22 heavy (non-hydrogen) atoms. The third-order valence-electron chi connectivity index (χ3n) is 3.28. The topological polar surface area (TPSA) is 35.5 Å². The van der Waals surface area contributed by atoms with Gasteiger partial charge in [-0.2, -0.15) is 0 Å². The molecule has 0 saturated heterocycles. The average molecular weight is 361 g/mol. The molecule has 114 valence electrons. The van der Waals surface area contributed by atoms with Gasteiger partial charge in [0.15, 0.2) is 5.78 Å². The van der Waals surface area contributed by atoms with Crippen molar-refractivity contribution in [2.75, 3.05) is 19.5 Å². The standard InChI is InChI=1S/C18H17BrO3/c1-21-16-7-3-13(4-8-16)15(12-19)11-18(20)14-5-9-17(22-2)10-6-14/h3-11H,12H2,1-2H3/b15-11+. The fraction of sp³-hybridized carbons (Fsp3) is 0.167. The lowest BCUT2D eigenvalue weighted by molar-refractivity contribution is 0.104. The van der Waals surface area contributed by atoms with E-state index in [1.807, 2.05) is 24.3 Å². The van der Waals surface area contributed by atoms with Gasteiger partial charge < -0.3 is 9.47 Å². The van der Waals surface area contributed by atoms with E-state index in [1.54, 1.807) is 44.6 Å². The molecule has 0 saturated carbocycles. The van der Waals surface area contributed by atoms with Gasteiger partial charge in [-0.15, -0.1) is 0 Å². The number of allylic oxidation sites excluding steroid dienone is 2. The summed E-state index contributed by atoms with van der Waals surface area (Å²) in [4.78, 5) is 12.3. The molecule has 2 aromatic carbocycles. The van der Waals surface area contributed by atoms with Crippen molar-refractivity contribution in [3.8, 4) is 11.5 Å². The van der Waals surface area contributed by atoms with E-state index in [1.165, 1.54) is 0 Å². The Morgan fingerprint density at radius 3 is 1.77 bits per heavy atom. The van der Waals surface area contributed by atoms with Crippen LogP contribution in [0.5, 0.6) is 11.5 Å². The summed E-state index contributed by atoms with van der Waals surface area (Å²) in [7, 11) is 3.23. The summed E-state index contributed by atoms with van der Waals surface area (Å²) in [5, 5.41) is 0.598. The number of ether oxygens (including phenoxy) is 2. The van der Waals surface area contributed by atoms with Crippen LogP contribution in [0, 0.1) is 0 Å². The number of alkyl halides is 1. The van der Waals surface area contributed by atoms with Crippen LogP contribution in [-0.4, -0.2) is 25.3 Å². The fourth-order valence-corrected chi connectivity index (χ4v) is 2.49. The lowest BCUT2D eigenvalue weighted by atomic mass is 10.0. The minimum absolute atomic E-state index is 0.0343. The van der Waals surface area contributed by atoms with Crippen molar-refractivity contribution in [1.29, 1.82) is 0 Å². The number of rotatable bonds is 6. The van der Waals surface area contributed by atoms with Crippen LogP contribution in [0.15, 0.2) is 54.6 Å².